The average molecular weight is 441 g/mol. The third-order valence-corrected chi connectivity index (χ3v) is 5.28. The molecule has 5 nitrogen and oxygen atoms in total. The van der Waals surface area contributed by atoms with Crippen LogP contribution in [0.4, 0.5) is 15.9 Å². The van der Waals surface area contributed by atoms with Crippen molar-refractivity contribution in [3.8, 4) is 22.4 Å². The van der Waals surface area contributed by atoms with E-state index >= 15 is 0 Å². The SMILES string of the molecule is CC(=O)N(c1ccc(Cl)c(Cl)c1)c1n[nH]c(-c2ccc(F)cc2)c1-c1ccncc1. The summed E-state index contributed by atoms with van der Waals surface area (Å²) < 4.78 is 13.4. The first-order chi connectivity index (χ1) is 14.5. The summed E-state index contributed by atoms with van der Waals surface area (Å²) in [4.78, 5) is 18.2. The number of halogens is 3. The zero-order chi connectivity index (χ0) is 21.3. The van der Waals surface area contributed by atoms with Crippen LogP contribution in [0.5, 0.6) is 0 Å². The Balaban J connectivity index is 1.95. The van der Waals surface area contributed by atoms with Gasteiger partial charge in [0.15, 0.2) is 5.82 Å². The van der Waals surface area contributed by atoms with Crippen molar-refractivity contribution < 1.29 is 9.18 Å². The largest absolute Gasteiger partial charge is 0.275 e. The summed E-state index contributed by atoms with van der Waals surface area (Å²) >= 11 is 12.2. The highest BCUT2D eigenvalue weighted by atomic mass is 35.5. The molecular formula is C22H15Cl2FN4O. The molecule has 2 aromatic carbocycles. The van der Waals surface area contributed by atoms with Gasteiger partial charge in [0, 0.05) is 24.9 Å². The van der Waals surface area contributed by atoms with Gasteiger partial charge in [0.05, 0.1) is 27.0 Å². The van der Waals surface area contributed by atoms with Crippen molar-refractivity contribution in [2.24, 2.45) is 0 Å². The van der Waals surface area contributed by atoms with E-state index in [1.54, 1.807) is 42.7 Å². The standard InChI is InChI=1S/C22H15Cl2FN4O/c1-13(30)29(17-6-7-18(23)19(24)12-17)22-20(14-8-10-26-11-9-14)21(27-28-22)15-2-4-16(25)5-3-15/h2-12H,1H3,(H,27,28). The van der Waals surface area contributed by atoms with Crippen molar-refractivity contribution in [1.29, 1.82) is 0 Å². The number of H-pyrrole nitrogens is 1. The maximum absolute atomic E-state index is 13.4. The Labute approximate surface area is 182 Å². The molecule has 2 aromatic heterocycles. The highest BCUT2D eigenvalue weighted by Gasteiger charge is 2.25. The minimum Gasteiger partial charge on any atom is -0.275 e. The number of hydrogen-bond donors (Lipinski definition) is 1. The molecule has 0 aliphatic heterocycles. The van der Waals surface area contributed by atoms with Gasteiger partial charge in [-0.2, -0.15) is 5.10 Å². The van der Waals surface area contributed by atoms with Crippen LogP contribution in [0.15, 0.2) is 67.0 Å². The lowest BCUT2D eigenvalue weighted by atomic mass is 10.0. The number of hydrogen-bond acceptors (Lipinski definition) is 3. The minimum absolute atomic E-state index is 0.263. The van der Waals surface area contributed by atoms with Crippen LogP contribution in [-0.4, -0.2) is 21.1 Å². The van der Waals surface area contributed by atoms with Crippen LogP contribution in [0, 0.1) is 5.82 Å². The first-order valence-corrected chi connectivity index (χ1v) is 9.71. The second-order valence-electron chi connectivity index (χ2n) is 6.49. The van der Waals surface area contributed by atoms with Crippen LogP contribution < -0.4 is 4.90 Å². The number of rotatable bonds is 4. The van der Waals surface area contributed by atoms with E-state index in [1.807, 2.05) is 12.1 Å². The smallest absolute Gasteiger partial charge is 0.229 e. The Bertz CT molecular complexity index is 1210. The monoisotopic (exact) mass is 440 g/mol. The molecule has 4 rings (SSSR count). The number of pyridine rings is 1. The lowest BCUT2D eigenvalue weighted by molar-refractivity contribution is -0.115. The van der Waals surface area contributed by atoms with Crippen LogP contribution in [-0.2, 0) is 4.79 Å². The van der Waals surface area contributed by atoms with E-state index in [4.69, 9.17) is 23.2 Å². The fourth-order valence-corrected chi connectivity index (χ4v) is 3.48. The molecule has 0 spiro atoms. The molecule has 150 valence electrons. The highest BCUT2D eigenvalue weighted by Crippen LogP contribution is 2.41. The topological polar surface area (TPSA) is 61.9 Å². The highest BCUT2D eigenvalue weighted by molar-refractivity contribution is 6.42. The fraction of sp³-hybridized carbons (Fsp3) is 0.0455. The summed E-state index contributed by atoms with van der Waals surface area (Å²) in [6.45, 7) is 1.44. The summed E-state index contributed by atoms with van der Waals surface area (Å²) in [6, 6.07) is 14.6. The zero-order valence-corrected chi connectivity index (χ0v) is 17.2. The molecular weight excluding hydrogens is 426 g/mol. The predicted octanol–water partition coefficient (Wildman–Crippen LogP) is 6.27. The van der Waals surface area contributed by atoms with Gasteiger partial charge in [-0.15, -0.1) is 0 Å². The Morgan fingerprint density at radius 1 is 0.967 bits per heavy atom. The molecule has 1 N–H and O–H groups in total. The third kappa shape index (κ3) is 3.79. The average Bonchev–Trinajstić information content (AvgIpc) is 3.16. The van der Waals surface area contributed by atoms with Gasteiger partial charge >= 0.3 is 0 Å². The quantitative estimate of drug-likeness (QED) is 0.406. The van der Waals surface area contributed by atoms with Crippen LogP contribution in [0.2, 0.25) is 10.0 Å². The third-order valence-electron chi connectivity index (χ3n) is 4.54. The van der Waals surface area contributed by atoms with Gasteiger partial charge in [-0.25, -0.2) is 4.39 Å². The number of carbonyl (C=O) groups excluding carboxylic acids is 1. The molecule has 0 saturated heterocycles. The number of carbonyl (C=O) groups is 1. The predicted molar refractivity (Wildman–Crippen MR) is 116 cm³/mol. The number of aromatic amines is 1. The van der Waals surface area contributed by atoms with Gasteiger partial charge in [0.25, 0.3) is 0 Å². The van der Waals surface area contributed by atoms with Crippen LogP contribution in [0.3, 0.4) is 0 Å². The Hall–Kier alpha value is -3.22. The summed E-state index contributed by atoms with van der Waals surface area (Å²) in [7, 11) is 0. The van der Waals surface area contributed by atoms with E-state index in [1.165, 1.54) is 24.0 Å². The second-order valence-corrected chi connectivity index (χ2v) is 7.31. The maximum Gasteiger partial charge on any atom is 0.229 e. The van der Waals surface area contributed by atoms with Crippen LogP contribution in [0.1, 0.15) is 6.92 Å². The summed E-state index contributed by atoms with van der Waals surface area (Å²) in [5, 5.41) is 8.13. The van der Waals surface area contributed by atoms with Gasteiger partial charge in [-0.1, -0.05) is 23.2 Å². The summed E-state index contributed by atoms with van der Waals surface area (Å²) in [6.07, 6.45) is 3.30. The molecule has 4 aromatic rings. The lowest BCUT2D eigenvalue weighted by Gasteiger charge is -2.21. The minimum atomic E-state index is -0.342. The second kappa shape index (κ2) is 8.26. The molecule has 0 saturated carbocycles. The van der Waals surface area contributed by atoms with E-state index in [9.17, 15) is 9.18 Å². The number of anilines is 2. The maximum atomic E-state index is 13.4. The first kappa shape index (κ1) is 20.1. The van der Waals surface area contributed by atoms with E-state index < -0.39 is 0 Å². The summed E-state index contributed by atoms with van der Waals surface area (Å²) in [5.41, 5.74) is 3.34. The van der Waals surface area contributed by atoms with Crippen molar-refractivity contribution in [3.05, 3.63) is 82.9 Å². The summed E-state index contributed by atoms with van der Waals surface area (Å²) in [5.74, 6) is -0.225. The normalized spacial score (nSPS) is 10.8. The van der Waals surface area contributed by atoms with Gasteiger partial charge < -0.3 is 0 Å². The van der Waals surface area contributed by atoms with Gasteiger partial charge in [-0.3, -0.25) is 19.8 Å². The number of nitrogens with one attached hydrogen (secondary N) is 1. The van der Waals surface area contributed by atoms with E-state index in [-0.39, 0.29) is 11.7 Å². The van der Waals surface area contributed by atoms with E-state index in [0.717, 1.165) is 11.1 Å². The molecule has 1 amide bonds. The van der Waals surface area contributed by atoms with Crippen molar-refractivity contribution in [3.63, 3.8) is 0 Å². The number of nitrogens with zero attached hydrogens (tertiary/aromatic N) is 3. The molecule has 0 atom stereocenters. The van der Waals surface area contributed by atoms with Crippen LogP contribution in [0.25, 0.3) is 22.4 Å². The van der Waals surface area contributed by atoms with Crippen molar-refractivity contribution in [2.45, 2.75) is 6.92 Å². The van der Waals surface area contributed by atoms with E-state index in [0.29, 0.717) is 32.8 Å². The Morgan fingerprint density at radius 2 is 1.67 bits per heavy atom. The van der Waals surface area contributed by atoms with Gasteiger partial charge in [0.1, 0.15) is 5.82 Å². The van der Waals surface area contributed by atoms with E-state index in [2.05, 4.69) is 15.2 Å². The molecule has 2 heterocycles. The molecule has 0 aliphatic rings. The van der Waals surface area contributed by atoms with Crippen LogP contribution >= 0.6 is 23.2 Å². The zero-order valence-electron chi connectivity index (χ0n) is 15.7. The number of benzene rings is 2. The molecule has 0 bridgehead atoms. The Morgan fingerprint density at radius 3 is 2.30 bits per heavy atom. The van der Waals surface area contributed by atoms with Crippen molar-refractivity contribution >= 4 is 40.6 Å². The molecule has 0 aliphatic carbocycles. The lowest BCUT2D eigenvalue weighted by Crippen LogP contribution is -2.23. The Kier molecular flexibility index (Phi) is 5.53. The number of aromatic nitrogens is 3. The van der Waals surface area contributed by atoms with Gasteiger partial charge in [-0.05, 0) is 60.2 Å². The molecule has 0 unspecified atom stereocenters. The molecule has 8 heteroatoms. The molecule has 0 fully saturated rings. The van der Waals surface area contributed by atoms with Crippen molar-refractivity contribution in [2.75, 3.05) is 4.90 Å². The first-order valence-electron chi connectivity index (χ1n) is 8.96. The fourth-order valence-electron chi connectivity index (χ4n) is 3.19. The van der Waals surface area contributed by atoms with Gasteiger partial charge in [0.2, 0.25) is 5.91 Å². The molecule has 0 radical (unpaired) electrons. The molecule has 30 heavy (non-hydrogen) atoms. The number of amides is 1. The van der Waals surface area contributed by atoms with Crippen molar-refractivity contribution in [1.82, 2.24) is 15.2 Å².